The van der Waals surface area contributed by atoms with Crippen molar-refractivity contribution in [2.24, 2.45) is 5.73 Å². The van der Waals surface area contributed by atoms with E-state index in [-0.39, 0.29) is 5.78 Å². The molecule has 0 spiro atoms. The van der Waals surface area contributed by atoms with Gasteiger partial charge in [0, 0.05) is 53.9 Å². The Labute approximate surface area is 217 Å². The van der Waals surface area contributed by atoms with Crippen molar-refractivity contribution in [3.8, 4) is 11.1 Å². The Morgan fingerprint density at radius 1 is 0.838 bits per heavy atom. The molecule has 0 aromatic heterocycles. The lowest BCUT2D eigenvalue weighted by molar-refractivity contribution is 0.100. The van der Waals surface area contributed by atoms with Gasteiger partial charge in [0.25, 0.3) is 0 Å². The second kappa shape index (κ2) is 9.40. The predicted octanol–water partition coefficient (Wildman–Crippen LogP) is 5.82. The van der Waals surface area contributed by atoms with E-state index < -0.39 is 5.91 Å². The summed E-state index contributed by atoms with van der Waals surface area (Å²) >= 11 is 0. The van der Waals surface area contributed by atoms with E-state index in [1.165, 1.54) is 16.5 Å². The minimum atomic E-state index is -0.481. The van der Waals surface area contributed by atoms with Crippen LogP contribution in [-0.2, 0) is 6.42 Å². The lowest BCUT2D eigenvalue weighted by atomic mass is 9.91. The summed E-state index contributed by atoms with van der Waals surface area (Å²) in [5.41, 5.74) is 12.5. The quantitative estimate of drug-likeness (QED) is 0.326. The summed E-state index contributed by atoms with van der Waals surface area (Å²) in [6, 6.07) is 24.5. The Bertz CT molecular complexity index is 1530. The van der Waals surface area contributed by atoms with Gasteiger partial charge in [-0.05, 0) is 41.5 Å². The van der Waals surface area contributed by atoms with Gasteiger partial charge in [0.1, 0.15) is 0 Å². The van der Waals surface area contributed by atoms with Crippen LogP contribution in [-0.4, -0.2) is 37.9 Å². The molecular formula is C32H31N3O2. The molecule has 0 unspecified atom stereocenters. The standard InChI is InChI=1S/C32H31N3O2/c1-2-3-9-22-20-26(32(33)37)28-24-13-6-7-14-25(24)31(36)29(28)30(22)35-18-16-34(17-19-35)27-15-8-11-21-10-4-5-12-23(21)27/h4-8,10-15,20H,2-3,9,16-19H2,1H3,(H2,33,37). The number of piperazine rings is 1. The second-order valence-corrected chi connectivity index (χ2v) is 10.00. The number of hydrogen-bond acceptors (Lipinski definition) is 4. The molecule has 1 amide bonds. The van der Waals surface area contributed by atoms with E-state index in [2.05, 4.69) is 59.2 Å². The normalized spacial score (nSPS) is 14.7. The zero-order valence-corrected chi connectivity index (χ0v) is 21.2. The molecule has 1 aliphatic carbocycles. The van der Waals surface area contributed by atoms with Crippen LogP contribution in [0.25, 0.3) is 21.9 Å². The number of carbonyl (C=O) groups excluding carboxylic acids is 2. The van der Waals surface area contributed by atoms with E-state index >= 15 is 0 Å². The number of nitrogens with two attached hydrogens (primary N) is 1. The molecule has 4 aromatic carbocycles. The van der Waals surface area contributed by atoms with E-state index in [0.717, 1.165) is 62.3 Å². The summed E-state index contributed by atoms with van der Waals surface area (Å²) in [5.74, 6) is -0.483. The molecule has 0 saturated carbocycles. The van der Waals surface area contributed by atoms with E-state index in [4.69, 9.17) is 5.73 Å². The number of benzene rings is 4. The molecule has 0 atom stereocenters. The first-order valence-electron chi connectivity index (χ1n) is 13.2. The third-order valence-corrected chi connectivity index (χ3v) is 7.82. The Morgan fingerprint density at radius 2 is 1.51 bits per heavy atom. The highest BCUT2D eigenvalue weighted by Gasteiger charge is 2.36. The SMILES string of the molecule is CCCCc1cc(C(N)=O)c2c(c1N1CCN(c3cccc4ccccc34)CC1)C(=O)c1ccccc1-2. The fourth-order valence-corrected chi connectivity index (χ4v) is 6.03. The maximum absolute atomic E-state index is 13.8. The van der Waals surface area contributed by atoms with E-state index in [1.54, 1.807) is 0 Å². The first-order valence-corrected chi connectivity index (χ1v) is 13.2. The molecule has 5 nitrogen and oxygen atoms in total. The summed E-state index contributed by atoms with van der Waals surface area (Å²) in [7, 11) is 0. The molecule has 1 aliphatic heterocycles. The van der Waals surface area contributed by atoms with Gasteiger partial charge in [-0.25, -0.2) is 0 Å². The number of anilines is 2. The smallest absolute Gasteiger partial charge is 0.249 e. The van der Waals surface area contributed by atoms with Crippen LogP contribution in [0.3, 0.4) is 0 Å². The van der Waals surface area contributed by atoms with E-state index in [9.17, 15) is 9.59 Å². The highest BCUT2D eigenvalue weighted by molar-refractivity contribution is 6.27. The Kier molecular flexibility index (Phi) is 5.91. The molecule has 2 N–H and O–H groups in total. The van der Waals surface area contributed by atoms with Crippen LogP contribution in [0.2, 0.25) is 0 Å². The van der Waals surface area contributed by atoms with Gasteiger partial charge in [-0.2, -0.15) is 0 Å². The number of hydrogen-bond donors (Lipinski definition) is 1. The predicted molar refractivity (Wildman–Crippen MR) is 151 cm³/mol. The lowest BCUT2D eigenvalue weighted by Gasteiger charge is -2.39. The topological polar surface area (TPSA) is 66.6 Å². The van der Waals surface area contributed by atoms with Crippen LogP contribution in [0, 0.1) is 0 Å². The first kappa shape index (κ1) is 23.3. The second-order valence-electron chi connectivity index (χ2n) is 10.00. The summed E-state index contributed by atoms with van der Waals surface area (Å²) in [5, 5.41) is 2.51. The van der Waals surface area contributed by atoms with Crippen LogP contribution >= 0.6 is 0 Å². The van der Waals surface area contributed by atoms with Gasteiger partial charge in [0.2, 0.25) is 5.91 Å². The molecule has 2 aliphatic rings. The molecule has 1 heterocycles. The summed E-state index contributed by atoms with van der Waals surface area (Å²) in [4.78, 5) is 31.2. The Hall–Kier alpha value is -4.12. The highest BCUT2D eigenvalue weighted by Crippen LogP contribution is 2.46. The number of ketones is 1. The molecule has 6 rings (SSSR count). The summed E-state index contributed by atoms with van der Waals surface area (Å²) in [6.45, 7) is 5.47. The van der Waals surface area contributed by atoms with Gasteiger partial charge in [-0.1, -0.05) is 74.0 Å². The zero-order chi connectivity index (χ0) is 25.5. The summed E-state index contributed by atoms with van der Waals surface area (Å²) < 4.78 is 0. The van der Waals surface area contributed by atoms with Crippen LogP contribution in [0.15, 0.2) is 72.8 Å². The molecule has 1 saturated heterocycles. The zero-order valence-electron chi connectivity index (χ0n) is 21.2. The van der Waals surface area contributed by atoms with Crippen LogP contribution in [0.1, 0.15) is 51.6 Å². The van der Waals surface area contributed by atoms with Gasteiger partial charge < -0.3 is 15.5 Å². The summed E-state index contributed by atoms with van der Waals surface area (Å²) in [6.07, 6.45) is 2.83. The minimum Gasteiger partial charge on any atom is -0.367 e. The van der Waals surface area contributed by atoms with Gasteiger partial charge in [0.15, 0.2) is 5.78 Å². The van der Waals surface area contributed by atoms with Crippen molar-refractivity contribution in [1.29, 1.82) is 0 Å². The molecule has 37 heavy (non-hydrogen) atoms. The van der Waals surface area contributed by atoms with Gasteiger partial charge in [-0.3, -0.25) is 9.59 Å². The minimum absolute atomic E-state index is 0.00192. The van der Waals surface area contributed by atoms with Crippen LogP contribution < -0.4 is 15.5 Å². The van der Waals surface area contributed by atoms with Crippen molar-refractivity contribution >= 4 is 33.8 Å². The average Bonchev–Trinajstić information content (AvgIpc) is 3.23. The number of rotatable bonds is 6. The largest absolute Gasteiger partial charge is 0.367 e. The Balaban J connectivity index is 1.41. The van der Waals surface area contributed by atoms with E-state index in [0.29, 0.717) is 22.3 Å². The van der Waals surface area contributed by atoms with Crippen molar-refractivity contribution < 1.29 is 9.59 Å². The van der Waals surface area contributed by atoms with Crippen LogP contribution in [0.4, 0.5) is 11.4 Å². The lowest BCUT2D eigenvalue weighted by Crippen LogP contribution is -2.47. The highest BCUT2D eigenvalue weighted by atomic mass is 16.1. The number of carbonyl (C=O) groups is 2. The van der Waals surface area contributed by atoms with Crippen molar-refractivity contribution in [2.45, 2.75) is 26.2 Å². The van der Waals surface area contributed by atoms with Crippen molar-refractivity contribution in [1.82, 2.24) is 0 Å². The molecule has 186 valence electrons. The molecule has 0 radical (unpaired) electrons. The number of nitrogens with zero attached hydrogens (tertiary/aromatic N) is 2. The third-order valence-electron chi connectivity index (χ3n) is 7.82. The molecule has 4 aromatic rings. The van der Waals surface area contributed by atoms with Crippen molar-refractivity contribution in [3.63, 3.8) is 0 Å². The average molecular weight is 490 g/mol. The van der Waals surface area contributed by atoms with Gasteiger partial charge in [-0.15, -0.1) is 0 Å². The number of aryl methyl sites for hydroxylation is 1. The van der Waals surface area contributed by atoms with Crippen molar-refractivity contribution in [2.75, 3.05) is 36.0 Å². The molecule has 5 heteroatoms. The maximum atomic E-state index is 13.8. The number of primary amides is 1. The molecular weight excluding hydrogens is 458 g/mol. The Morgan fingerprint density at radius 3 is 2.27 bits per heavy atom. The van der Waals surface area contributed by atoms with Gasteiger partial charge in [0.05, 0.1) is 11.3 Å². The molecule has 0 bridgehead atoms. The number of fused-ring (bicyclic) bond motifs is 4. The molecule has 1 fully saturated rings. The number of amides is 1. The fraction of sp³-hybridized carbons (Fsp3) is 0.250. The third kappa shape index (κ3) is 3.86. The maximum Gasteiger partial charge on any atom is 0.249 e. The number of unbranched alkanes of at least 4 members (excludes halogenated alkanes) is 1. The van der Waals surface area contributed by atoms with Crippen molar-refractivity contribution in [3.05, 3.63) is 95.1 Å². The van der Waals surface area contributed by atoms with E-state index in [1.807, 2.05) is 30.3 Å². The fourth-order valence-electron chi connectivity index (χ4n) is 6.03. The first-order chi connectivity index (χ1) is 18.1. The van der Waals surface area contributed by atoms with Gasteiger partial charge >= 0.3 is 0 Å². The monoisotopic (exact) mass is 489 g/mol. The van der Waals surface area contributed by atoms with Crippen LogP contribution in [0.5, 0.6) is 0 Å².